The maximum absolute atomic E-state index is 4.00. The van der Waals surface area contributed by atoms with Crippen molar-refractivity contribution < 1.29 is 0 Å². The van der Waals surface area contributed by atoms with Gasteiger partial charge in [-0.1, -0.05) is 115 Å². The van der Waals surface area contributed by atoms with E-state index in [1.807, 2.05) is 0 Å². The molecule has 0 radical (unpaired) electrons. The number of aromatic amines is 1. The zero-order valence-corrected chi connectivity index (χ0v) is 24.4. The molecule has 0 aliphatic rings. The standard InChI is InChI=1S/C42H27N3/c1-2-15-29(16-3-1)44-37-23-11-9-20-33(37)40-34(21-12-24-38(40)44)41-31-18-6-7-19-32(31)42(43-41)45-36-22-10-8-17-30(36)35-25-27-13-4-5-14-28(27)26-39(35)45/h1-26,43H. The SMILES string of the molecule is c1ccc(-n2c3ccccc3c3c(-c4[nH]c(-n5c6ccccc6c6cc7ccccc7cc65)c5ccccc45)cccc32)cc1. The molecule has 0 saturated carbocycles. The fourth-order valence-corrected chi connectivity index (χ4v) is 7.53. The number of benzene rings is 7. The van der Waals surface area contributed by atoms with Gasteiger partial charge in [-0.3, -0.25) is 4.57 Å². The Balaban J connectivity index is 1.32. The van der Waals surface area contributed by atoms with E-state index in [0.29, 0.717) is 0 Å². The highest BCUT2D eigenvalue weighted by atomic mass is 15.1. The van der Waals surface area contributed by atoms with Crippen molar-refractivity contribution in [1.29, 1.82) is 0 Å². The summed E-state index contributed by atoms with van der Waals surface area (Å²) in [6.07, 6.45) is 0. The van der Waals surface area contributed by atoms with Crippen molar-refractivity contribution in [2.24, 2.45) is 0 Å². The smallest absolute Gasteiger partial charge is 0.123 e. The van der Waals surface area contributed by atoms with E-state index in [1.54, 1.807) is 0 Å². The van der Waals surface area contributed by atoms with Gasteiger partial charge < -0.3 is 9.55 Å². The summed E-state index contributed by atoms with van der Waals surface area (Å²) < 4.78 is 4.81. The van der Waals surface area contributed by atoms with Gasteiger partial charge in [-0.2, -0.15) is 0 Å². The molecule has 3 heteroatoms. The van der Waals surface area contributed by atoms with Gasteiger partial charge in [0.05, 0.1) is 27.8 Å². The summed E-state index contributed by atoms with van der Waals surface area (Å²) in [6.45, 7) is 0. The van der Waals surface area contributed by atoms with Crippen LogP contribution in [-0.4, -0.2) is 14.1 Å². The first-order chi connectivity index (χ1) is 22.3. The van der Waals surface area contributed by atoms with Crippen molar-refractivity contribution in [2.75, 3.05) is 0 Å². The highest BCUT2D eigenvalue weighted by Crippen LogP contribution is 2.43. The lowest BCUT2D eigenvalue weighted by Crippen LogP contribution is -1.95. The summed E-state index contributed by atoms with van der Waals surface area (Å²) in [5.41, 5.74) is 8.30. The zero-order valence-electron chi connectivity index (χ0n) is 24.4. The molecule has 3 heterocycles. The van der Waals surface area contributed by atoms with Crippen LogP contribution < -0.4 is 0 Å². The van der Waals surface area contributed by atoms with Crippen molar-refractivity contribution in [3.8, 4) is 22.8 Å². The van der Waals surface area contributed by atoms with E-state index in [9.17, 15) is 0 Å². The molecule has 210 valence electrons. The van der Waals surface area contributed by atoms with Crippen LogP contribution in [0.2, 0.25) is 0 Å². The van der Waals surface area contributed by atoms with E-state index in [4.69, 9.17) is 0 Å². The van der Waals surface area contributed by atoms with Gasteiger partial charge in [0.1, 0.15) is 5.82 Å². The minimum Gasteiger partial charge on any atom is -0.340 e. The molecule has 1 N–H and O–H groups in total. The number of fused-ring (bicyclic) bond motifs is 8. The predicted octanol–water partition coefficient (Wildman–Crippen LogP) is 11.2. The van der Waals surface area contributed by atoms with Crippen LogP contribution in [0.5, 0.6) is 0 Å². The molecule has 0 aliphatic carbocycles. The molecular formula is C42H27N3. The summed E-state index contributed by atoms with van der Waals surface area (Å²) in [5, 5.41) is 9.92. The van der Waals surface area contributed by atoms with Crippen LogP contribution in [0.15, 0.2) is 158 Å². The van der Waals surface area contributed by atoms with E-state index in [-0.39, 0.29) is 0 Å². The summed E-state index contributed by atoms with van der Waals surface area (Å²) >= 11 is 0. The quantitative estimate of drug-likeness (QED) is 0.218. The van der Waals surface area contributed by atoms with Crippen LogP contribution in [0.3, 0.4) is 0 Å². The average molecular weight is 574 g/mol. The topological polar surface area (TPSA) is 25.6 Å². The number of para-hydroxylation sites is 3. The Morgan fingerprint density at radius 2 is 0.978 bits per heavy atom. The second-order valence-corrected chi connectivity index (χ2v) is 11.9. The summed E-state index contributed by atoms with van der Waals surface area (Å²) in [7, 11) is 0. The number of rotatable bonds is 3. The molecule has 10 rings (SSSR count). The molecule has 0 aliphatic heterocycles. The van der Waals surface area contributed by atoms with Crippen LogP contribution in [0.1, 0.15) is 0 Å². The highest BCUT2D eigenvalue weighted by molar-refractivity contribution is 6.19. The van der Waals surface area contributed by atoms with Crippen molar-refractivity contribution in [3.63, 3.8) is 0 Å². The maximum atomic E-state index is 4.00. The number of hydrogen-bond donors (Lipinski definition) is 1. The third kappa shape index (κ3) is 3.41. The van der Waals surface area contributed by atoms with E-state index in [2.05, 4.69) is 172 Å². The second kappa shape index (κ2) is 9.22. The molecule has 0 atom stereocenters. The molecule has 0 amide bonds. The molecule has 45 heavy (non-hydrogen) atoms. The Kier molecular flexibility index (Phi) is 5.00. The van der Waals surface area contributed by atoms with Crippen molar-refractivity contribution in [3.05, 3.63) is 158 Å². The van der Waals surface area contributed by atoms with Gasteiger partial charge in [0.2, 0.25) is 0 Å². The van der Waals surface area contributed by atoms with Gasteiger partial charge in [0.25, 0.3) is 0 Å². The minimum absolute atomic E-state index is 1.09. The van der Waals surface area contributed by atoms with Gasteiger partial charge in [0, 0.05) is 43.6 Å². The number of H-pyrrole nitrogens is 1. The Labute approximate surface area is 259 Å². The Morgan fingerprint density at radius 3 is 1.78 bits per heavy atom. The minimum atomic E-state index is 1.09. The third-order valence-corrected chi connectivity index (χ3v) is 9.44. The summed E-state index contributed by atoms with van der Waals surface area (Å²) in [4.78, 5) is 4.00. The first-order valence-electron chi connectivity index (χ1n) is 15.5. The molecule has 3 nitrogen and oxygen atoms in total. The van der Waals surface area contributed by atoms with Crippen LogP contribution >= 0.6 is 0 Å². The first-order valence-corrected chi connectivity index (χ1v) is 15.5. The predicted molar refractivity (Wildman–Crippen MR) is 190 cm³/mol. The van der Waals surface area contributed by atoms with Gasteiger partial charge in [-0.15, -0.1) is 0 Å². The van der Waals surface area contributed by atoms with Crippen molar-refractivity contribution >= 4 is 65.2 Å². The van der Waals surface area contributed by atoms with Crippen LogP contribution in [0, 0.1) is 0 Å². The lowest BCUT2D eigenvalue weighted by atomic mass is 10.0. The first kappa shape index (κ1) is 24.4. The van der Waals surface area contributed by atoms with Gasteiger partial charge in [-0.25, -0.2) is 0 Å². The molecule has 0 bridgehead atoms. The lowest BCUT2D eigenvalue weighted by Gasteiger charge is -2.09. The fourth-order valence-electron chi connectivity index (χ4n) is 7.53. The van der Waals surface area contributed by atoms with Crippen molar-refractivity contribution in [1.82, 2.24) is 14.1 Å². The molecule has 0 unspecified atom stereocenters. The summed E-state index contributed by atoms with van der Waals surface area (Å²) in [5.74, 6) is 1.09. The average Bonchev–Trinajstić information content (AvgIpc) is 3.75. The normalized spacial score (nSPS) is 12.0. The van der Waals surface area contributed by atoms with Crippen LogP contribution in [0.25, 0.3) is 87.9 Å². The Bertz CT molecular complexity index is 2760. The van der Waals surface area contributed by atoms with Gasteiger partial charge in [0.15, 0.2) is 0 Å². The van der Waals surface area contributed by atoms with Gasteiger partial charge in [-0.05, 0) is 53.2 Å². The number of nitrogens with zero attached hydrogens (tertiary/aromatic N) is 2. The molecule has 7 aromatic carbocycles. The number of nitrogens with one attached hydrogen (secondary N) is 1. The van der Waals surface area contributed by atoms with Crippen molar-refractivity contribution in [2.45, 2.75) is 0 Å². The Hall–Kier alpha value is -6.06. The molecule has 10 aromatic rings. The van der Waals surface area contributed by atoms with Crippen LogP contribution in [-0.2, 0) is 0 Å². The Morgan fingerprint density at radius 1 is 0.378 bits per heavy atom. The van der Waals surface area contributed by atoms with E-state index in [1.165, 1.54) is 70.7 Å². The molecular weight excluding hydrogens is 546 g/mol. The van der Waals surface area contributed by atoms with E-state index >= 15 is 0 Å². The lowest BCUT2D eigenvalue weighted by molar-refractivity contribution is 1.12. The second-order valence-electron chi connectivity index (χ2n) is 11.9. The molecule has 0 fully saturated rings. The molecule has 3 aromatic heterocycles. The third-order valence-electron chi connectivity index (χ3n) is 9.44. The number of hydrogen-bond acceptors (Lipinski definition) is 0. The maximum Gasteiger partial charge on any atom is 0.123 e. The number of aromatic nitrogens is 3. The molecule has 0 saturated heterocycles. The largest absolute Gasteiger partial charge is 0.340 e. The van der Waals surface area contributed by atoms with E-state index < -0.39 is 0 Å². The van der Waals surface area contributed by atoms with Gasteiger partial charge >= 0.3 is 0 Å². The molecule has 0 spiro atoms. The summed E-state index contributed by atoms with van der Waals surface area (Å²) in [6, 6.07) is 57.0. The highest BCUT2D eigenvalue weighted by Gasteiger charge is 2.22. The fraction of sp³-hybridized carbons (Fsp3) is 0. The van der Waals surface area contributed by atoms with Crippen LogP contribution in [0.4, 0.5) is 0 Å². The monoisotopic (exact) mass is 573 g/mol. The zero-order chi connectivity index (χ0) is 29.5. The van der Waals surface area contributed by atoms with E-state index in [0.717, 1.165) is 17.2 Å².